The van der Waals surface area contributed by atoms with Crippen molar-refractivity contribution in [2.45, 2.75) is 57.7 Å². The second-order valence-corrected chi connectivity index (χ2v) is 8.25. The molecular weight excluding hydrogens is 326 g/mol. The second kappa shape index (κ2) is 6.73. The van der Waals surface area contributed by atoms with Gasteiger partial charge in [0, 0.05) is 34.9 Å². The molecule has 0 saturated carbocycles. The van der Waals surface area contributed by atoms with Gasteiger partial charge in [-0.3, -0.25) is 9.59 Å². The van der Waals surface area contributed by atoms with Crippen LogP contribution in [0.1, 0.15) is 40.5 Å². The molecule has 1 saturated heterocycles. The maximum Gasteiger partial charge on any atom is 0.316 e. The molecule has 1 heterocycles. The summed E-state index contributed by atoms with van der Waals surface area (Å²) in [5, 5.41) is 7.04. The molecule has 2 N–H and O–H groups in total. The minimum atomic E-state index is -0.578. The van der Waals surface area contributed by atoms with E-state index in [0.717, 1.165) is 12.8 Å². The van der Waals surface area contributed by atoms with Crippen LogP contribution in [0, 0.1) is 0 Å². The van der Waals surface area contributed by atoms with E-state index in [2.05, 4.69) is 38.3 Å². The third kappa shape index (κ3) is 4.71. The van der Waals surface area contributed by atoms with E-state index in [9.17, 15) is 9.59 Å². The van der Waals surface area contributed by atoms with Crippen LogP contribution in [0.5, 0.6) is 0 Å². The summed E-state index contributed by atoms with van der Waals surface area (Å²) in [4.78, 5) is 26.1. The van der Waals surface area contributed by atoms with E-state index in [4.69, 9.17) is 11.6 Å². The Bertz CT molecular complexity index is 610. The maximum absolute atomic E-state index is 12.4. The lowest BCUT2D eigenvalue weighted by molar-refractivity contribution is -0.138. The summed E-state index contributed by atoms with van der Waals surface area (Å²) >= 11 is 5.85. The van der Waals surface area contributed by atoms with Crippen LogP contribution < -0.4 is 15.5 Å². The molecule has 1 aromatic carbocycles. The first-order chi connectivity index (χ1) is 11.0. The smallest absolute Gasteiger partial charge is 0.316 e. The molecule has 0 aliphatic carbocycles. The zero-order chi connectivity index (χ0) is 18.1. The molecule has 132 valence electrons. The van der Waals surface area contributed by atoms with Crippen molar-refractivity contribution in [2.75, 3.05) is 11.9 Å². The molecule has 0 atom stereocenters. The summed E-state index contributed by atoms with van der Waals surface area (Å²) in [5.74, 6) is -1.16. The van der Waals surface area contributed by atoms with Crippen molar-refractivity contribution in [3.05, 3.63) is 29.3 Å². The molecule has 24 heavy (non-hydrogen) atoms. The highest BCUT2D eigenvalue weighted by molar-refractivity contribution is 6.40. The summed E-state index contributed by atoms with van der Waals surface area (Å²) in [6.45, 7) is 8.42. The number of carbonyl (C=O) groups is 2. The zero-order valence-electron chi connectivity index (χ0n) is 14.9. The lowest BCUT2D eigenvalue weighted by Gasteiger charge is -2.46. The molecule has 2 rings (SSSR count). The van der Waals surface area contributed by atoms with Gasteiger partial charge in [-0.2, -0.15) is 0 Å². The Morgan fingerprint density at radius 2 is 1.62 bits per heavy atom. The number of rotatable bonds is 2. The van der Waals surface area contributed by atoms with Crippen molar-refractivity contribution in [1.82, 2.24) is 10.6 Å². The van der Waals surface area contributed by atoms with E-state index in [0.29, 0.717) is 10.7 Å². The number of hydrogen-bond donors (Lipinski definition) is 2. The quantitative estimate of drug-likeness (QED) is 0.805. The minimum absolute atomic E-state index is 0.0358. The Morgan fingerprint density at radius 1 is 1.12 bits per heavy atom. The van der Waals surface area contributed by atoms with Gasteiger partial charge in [-0.05, 0) is 64.8 Å². The number of carbonyl (C=O) groups excluding carboxylic acids is 2. The fourth-order valence-corrected chi connectivity index (χ4v) is 3.73. The highest BCUT2D eigenvalue weighted by Crippen LogP contribution is 2.28. The monoisotopic (exact) mass is 351 g/mol. The molecule has 1 aromatic rings. The molecule has 6 heteroatoms. The van der Waals surface area contributed by atoms with Gasteiger partial charge in [-0.1, -0.05) is 11.6 Å². The Kier molecular flexibility index (Phi) is 5.25. The summed E-state index contributed by atoms with van der Waals surface area (Å²) in [6.07, 6.45) is 1.56. The fraction of sp³-hybridized carbons (Fsp3) is 0.556. The minimum Gasteiger partial charge on any atom is -0.345 e. The van der Waals surface area contributed by atoms with Crippen molar-refractivity contribution in [3.63, 3.8) is 0 Å². The molecule has 1 aliphatic rings. The average Bonchev–Trinajstić information content (AvgIpc) is 2.43. The van der Waals surface area contributed by atoms with Crippen LogP contribution in [0.15, 0.2) is 24.3 Å². The SMILES string of the molecule is CN(C(=O)C(=O)NC1CC(C)(C)NC(C)(C)C1)c1ccc(Cl)cc1. The van der Waals surface area contributed by atoms with E-state index < -0.39 is 11.8 Å². The first kappa shape index (κ1) is 18.7. The third-order valence-corrected chi connectivity index (χ3v) is 4.49. The number of nitrogens with zero attached hydrogens (tertiary/aromatic N) is 1. The number of piperidine rings is 1. The molecule has 0 bridgehead atoms. The number of benzene rings is 1. The number of nitrogens with one attached hydrogen (secondary N) is 2. The summed E-state index contributed by atoms with van der Waals surface area (Å²) in [7, 11) is 1.58. The molecule has 0 radical (unpaired) electrons. The Labute approximate surface area is 148 Å². The zero-order valence-corrected chi connectivity index (χ0v) is 15.7. The second-order valence-electron chi connectivity index (χ2n) is 7.81. The molecular formula is C18H26ClN3O2. The summed E-state index contributed by atoms with van der Waals surface area (Å²) in [6, 6.07) is 6.77. The van der Waals surface area contributed by atoms with E-state index in [1.807, 2.05) is 0 Å². The molecule has 5 nitrogen and oxygen atoms in total. The van der Waals surface area contributed by atoms with Crippen molar-refractivity contribution in [2.24, 2.45) is 0 Å². The lowest BCUT2D eigenvalue weighted by atomic mass is 9.79. The number of anilines is 1. The number of amides is 2. The van der Waals surface area contributed by atoms with E-state index in [1.54, 1.807) is 31.3 Å². The van der Waals surface area contributed by atoms with Gasteiger partial charge in [-0.25, -0.2) is 0 Å². The largest absolute Gasteiger partial charge is 0.345 e. The van der Waals surface area contributed by atoms with Crippen LogP contribution >= 0.6 is 11.6 Å². The average molecular weight is 352 g/mol. The predicted octanol–water partition coefficient (Wildman–Crippen LogP) is 2.73. The number of hydrogen-bond acceptors (Lipinski definition) is 3. The molecule has 0 unspecified atom stereocenters. The molecule has 1 fully saturated rings. The Balaban J connectivity index is 2.03. The first-order valence-electron chi connectivity index (χ1n) is 8.13. The van der Waals surface area contributed by atoms with Crippen molar-refractivity contribution in [1.29, 1.82) is 0 Å². The molecule has 1 aliphatic heterocycles. The highest BCUT2D eigenvalue weighted by Gasteiger charge is 2.39. The maximum atomic E-state index is 12.4. The van der Waals surface area contributed by atoms with Crippen molar-refractivity contribution >= 4 is 29.1 Å². The van der Waals surface area contributed by atoms with E-state index >= 15 is 0 Å². The summed E-state index contributed by atoms with van der Waals surface area (Å²) < 4.78 is 0. The summed E-state index contributed by atoms with van der Waals surface area (Å²) in [5.41, 5.74) is 0.445. The normalized spacial score (nSPS) is 19.6. The third-order valence-electron chi connectivity index (χ3n) is 4.24. The molecule has 0 spiro atoms. The van der Waals surface area contributed by atoms with Crippen LogP contribution in [-0.2, 0) is 9.59 Å². The van der Waals surface area contributed by atoms with Gasteiger partial charge in [0.05, 0.1) is 0 Å². The Hall–Kier alpha value is -1.59. The first-order valence-corrected chi connectivity index (χ1v) is 8.50. The number of halogens is 1. The Morgan fingerprint density at radius 3 is 2.12 bits per heavy atom. The molecule has 2 amide bonds. The highest BCUT2D eigenvalue weighted by atomic mass is 35.5. The van der Waals surface area contributed by atoms with Gasteiger partial charge < -0.3 is 15.5 Å². The standard InChI is InChI=1S/C18H26ClN3O2/c1-17(2)10-13(11-18(3,4)21-17)20-15(23)16(24)22(5)14-8-6-12(19)7-9-14/h6-9,13,21H,10-11H2,1-5H3,(H,20,23). The van der Waals surface area contributed by atoms with Gasteiger partial charge in [-0.15, -0.1) is 0 Å². The van der Waals surface area contributed by atoms with Gasteiger partial charge in [0.15, 0.2) is 0 Å². The van der Waals surface area contributed by atoms with Crippen LogP contribution in [0.2, 0.25) is 5.02 Å². The number of likely N-dealkylation sites (N-methyl/N-ethyl adjacent to an activating group) is 1. The van der Waals surface area contributed by atoms with Gasteiger partial charge in [0.1, 0.15) is 0 Å². The van der Waals surface area contributed by atoms with Gasteiger partial charge >= 0.3 is 11.8 Å². The van der Waals surface area contributed by atoms with Gasteiger partial charge in [0.25, 0.3) is 0 Å². The predicted molar refractivity (Wildman–Crippen MR) is 97.3 cm³/mol. The van der Waals surface area contributed by atoms with Crippen LogP contribution in [-0.4, -0.2) is 36.0 Å². The lowest BCUT2D eigenvalue weighted by Crippen LogP contribution is -2.62. The molecule has 0 aromatic heterocycles. The van der Waals surface area contributed by atoms with Crippen LogP contribution in [0.3, 0.4) is 0 Å². The van der Waals surface area contributed by atoms with Crippen molar-refractivity contribution in [3.8, 4) is 0 Å². The van der Waals surface area contributed by atoms with E-state index in [1.165, 1.54) is 4.90 Å². The van der Waals surface area contributed by atoms with Crippen LogP contribution in [0.4, 0.5) is 5.69 Å². The topological polar surface area (TPSA) is 61.4 Å². The van der Waals surface area contributed by atoms with Crippen LogP contribution in [0.25, 0.3) is 0 Å². The van der Waals surface area contributed by atoms with Crippen molar-refractivity contribution < 1.29 is 9.59 Å². The fourth-order valence-electron chi connectivity index (χ4n) is 3.61. The van der Waals surface area contributed by atoms with E-state index in [-0.39, 0.29) is 17.1 Å². The van der Waals surface area contributed by atoms with Gasteiger partial charge in [0.2, 0.25) is 0 Å².